The molecule has 0 atom stereocenters. The molecular formula is C11H13FN2O5S. The van der Waals surface area contributed by atoms with Crippen LogP contribution in [0.4, 0.5) is 10.1 Å². The summed E-state index contributed by atoms with van der Waals surface area (Å²) in [6.07, 6.45) is 0. The predicted molar refractivity (Wildman–Crippen MR) is 67.5 cm³/mol. The van der Waals surface area contributed by atoms with Crippen LogP contribution in [0, 0.1) is 29.8 Å². The molecule has 1 heterocycles. The van der Waals surface area contributed by atoms with Gasteiger partial charge in [-0.05, 0) is 25.5 Å². The van der Waals surface area contributed by atoms with Crippen LogP contribution in [0.5, 0.6) is 0 Å². The van der Waals surface area contributed by atoms with Gasteiger partial charge < -0.3 is 4.74 Å². The van der Waals surface area contributed by atoms with Gasteiger partial charge in [-0.25, -0.2) is 13.1 Å². The molecule has 0 aliphatic carbocycles. The Morgan fingerprint density at radius 3 is 2.50 bits per heavy atom. The summed E-state index contributed by atoms with van der Waals surface area (Å²) >= 11 is 0. The third-order valence-electron chi connectivity index (χ3n) is 3.03. The molecule has 1 fully saturated rings. The Hall–Kier alpha value is -1.58. The fourth-order valence-electron chi connectivity index (χ4n) is 2.13. The molecule has 1 aromatic carbocycles. The van der Waals surface area contributed by atoms with E-state index in [0.717, 1.165) is 6.07 Å². The van der Waals surface area contributed by atoms with Crippen LogP contribution in [0.15, 0.2) is 11.0 Å². The normalized spacial score (nSPS) is 15.9. The number of sulfonamides is 1. The molecule has 110 valence electrons. The van der Waals surface area contributed by atoms with E-state index < -0.39 is 26.5 Å². The minimum Gasteiger partial charge on any atom is -0.378 e. The van der Waals surface area contributed by atoms with Crippen LogP contribution >= 0.6 is 0 Å². The predicted octanol–water partition coefficient (Wildman–Crippen LogP) is 1.03. The molecule has 0 amide bonds. The Balaban J connectivity index is 2.55. The van der Waals surface area contributed by atoms with Gasteiger partial charge in [-0.3, -0.25) is 10.1 Å². The molecule has 1 aliphatic heterocycles. The first kappa shape index (κ1) is 14.8. The number of hydrogen-bond acceptors (Lipinski definition) is 5. The number of hydrogen-bond donors (Lipinski definition) is 1. The standard InChI is InChI=1S/C11H13FN2O5S/c1-6-3-9(12)10(14(15)16)7(2)11(6)20(17,18)13-8-4-19-5-8/h3,8,13H,4-5H2,1-2H3. The summed E-state index contributed by atoms with van der Waals surface area (Å²) < 4.78 is 45.3. The molecule has 1 N–H and O–H groups in total. The molecule has 7 nitrogen and oxygen atoms in total. The molecule has 0 bridgehead atoms. The van der Waals surface area contributed by atoms with Gasteiger partial charge in [0.25, 0.3) is 0 Å². The SMILES string of the molecule is Cc1cc(F)c([N+](=O)[O-])c(C)c1S(=O)(=O)NC1COC1. The van der Waals surface area contributed by atoms with Crippen LogP contribution in [0.2, 0.25) is 0 Å². The monoisotopic (exact) mass is 304 g/mol. The van der Waals surface area contributed by atoms with Gasteiger partial charge in [0.1, 0.15) is 0 Å². The molecule has 1 aliphatic rings. The number of benzene rings is 1. The van der Waals surface area contributed by atoms with Gasteiger partial charge in [0.15, 0.2) is 0 Å². The summed E-state index contributed by atoms with van der Waals surface area (Å²) in [5.41, 5.74) is -0.903. The highest BCUT2D eigenvalue weighted by molar-refractivity contribution is 7.89. The van der Waals surface area contributed by atoms with Gasteiger partial charge in [0, 0.05) is 0 Å². The summed E-state index contributed by atoms with van der Waals surface area (Å²) in [5, 5.41) is 10.9. The molecule has 2 rings (SSSR count). The Bertz CT molecular complexity index is 670. The quantitative estimate of drug-likeness (QED) is 0.661. The molecule has 0 unspecified atom stereocenters. The third-order valence-corrected chi connectivity index (χ3v) is 4.84. The highest BCUT2D eigenvalue weighted by Gasteiger charge is 2.32. The Morgan fingerprint density at radius 1 is 1.45 bits per heavy atom. The number of nitrogens with one attached hydrogen (secondary N) is 1. The lowest BCUT2D eigenvalue weighted by Gasteiger charge is -2.27. The first-order valence-corrected chi connectivity index (χ1v) is 7.26. The highest BCUT2D eigenvalue weighted by Crippen LogP contribution is 2.31. The lowest BCUT2D eigenvalue weighted by molar-refractivity contribution is -0.388. The second kappa shape index (κ2) is 5.08. The maximum Gasteiger partial charge on any atom is 0.309 e. The van der Waals surface area contributed by atoms with Crippen LogP contribution in [0.3, 0.4) is 0 Å². The van der Waals surface area contributed by atoms with Crippen molar-refractivity contribution in [1.29, 1.82) is 0 Å². The number of aryl methyl sites for hydroxylation is 1. The summed E-state index contributed by atoms with van der Waals surface area (Å²) in [6, 6.07) is 0.500. The smallest absolute Gasteiger partial charge is 0.309 e. The van der Waals surface area contributed by atoms with E-state index in [4.69, 9.17) is 4.74 Å². The van der Waals surface area contributed by atoms with Crippen LogP contribution in [-0.4, -0.2) is 32.6 Å². The second-order valence-corrected chi connectivity index (χ2v) is 6.24. The van der Waals surface area contributed by atoms with E-state index >= 15 is 0 Å². The number of ether oxygens (including phenoxy) is 1. The van der Waals surface area contributed by atoms with Gasteiger partial charge in [0.2, 0.25) is 15.8 Å². The van der Waals surface area contributed by atoms with Gasteiger partial charge in [-0.1, -0.05) is 0 Å². The van der Waals surface area contributed by atoms with Crippen molar-refractivity contribution < 1.29 is 22.5 Å². The molecule has 20 heavy (non-hydrogen) atoms. The lowest BCUT2D eigenvalue weighted by Crippen LogP contribution is -2.48. The van der Waals surface area contributed by atoms with E-state index in [1.54, 1.807) is 0 Å². The molecule has 1 aromatic rings. The molecule has 0 aromatic heterocycles. The number of nitrogens with zero attached hydrogens (tertiary/aromatic N) is 1. The zero-order chi connectivity index (χ0) is 15.1. The zero-order valence-electron chi connectivity index (χ0n) is 10.8. The van der Waals surface area contributed by atoms with Crippen molar-refractivity contribution in [2.45, 2.75) is 24.8 Å². The first-order valence-electron chi connectivity index (χ1n) is 5.78. The Morgan fingerprint density at radius 2 is 2.05 bits per heavy atom. The highest BCUT2D eigenvalue weighted by atomic mass is 32.2. The van der Waals surface area contributed by atoms with E-state index in [2.05, 4.69) is 4.72 Å². The lowest BCUT2D eigenvalue weighted by atomic mass is 10.1. The molecule has 0 spiro atoms. The number of nitro groups is 1. The van der Waals surface area contributed by atoms with Gasteiger partial charge in [-0.15, -0.1) is 0 Å². The van der Waals surface area contributed by atoms with E-state index in [-0.39, 0.29) is 35.3 Å². The average molecular weight is 304 g/mol. The van der Waals surface area contributed by atoms with E-state index in [9.17, 15) is 22.9 Å². The minimum absolute atomic E-state index is 0.123. The van der Waals surface area contributed by atoms with E-state index in [1.165, 1.54) is 13.8 Å². The minimum atomic E-state index is -3.96. The first-order chi connectivity index (χ1) is 9.24. The topological polar surface area (TPSA) is 98.5 Å². The average Bonchev–Trinajstić information content (AvgIpc) is 2.21. The van der Waals surface area contributed by atoms with Crippen molar-refractivity contribution in [1.82, 2.24) is 4.72 Å². The van der Waals surface area contributed by atoms with Crippen LogP contribution in [0.1, 0.15) is 11.1 Å². The van der Waals surface area contributed by atoms with Crippen molar-refractivity contribution in [2.24, 2.45) is 0 Å². The second-order valence-electron chi connectivity index (χ2n) is 4.59. The van der Waals surface area contributed by atoms with Gasteiger partial charge in [-0.2, -0.15) is 4.39 Å². The van der Waals surface area contributed by atoms with Gasteiger partial charge in [0.05, 0.1) is 34.6 Å². The summed E-state index contributed by atoms with van der Waals surface area (Å²) in [5.74, 6) is -1.05. The number of rotatable bonds is 4. The summed E-state index contributed by atoms with van der Waals surface area (Å²) in [6.45, 7) is 3.12. The van der Waals surface area contributed by atoms with Gasteiger partial charge >= 0.3 is 5.69 Å². The Kier molecular flexibility index (Phi) is 3.76. The van der Waals surface area contributed by atoms with Crippen molar-refractivity contribution in [3.63, 3.8) is 0 Å². The van der Waals surface area contributed by atoms with Crippen molar-refractivity contribution in [3.8, 4) is 0 Å². The number of halogens is 1. The maximum absolute atomic E-state index is 13.6. The molecular weight excluding hydrogens is 291 g/mol. The van der Waals surface area contributed by atoms with Crippen molar-refractivity contribution in [2.75, 3.05) is 13.2 Å². The zero-order valence-corrected chi connectivity index (χ0v) is 11.7. The molecule has 1 saturated heterocycles. The van der Waals surface area contributed by atoms with Crippen molar-refractivity contribution in [3.05, 3.63) is 33.1 Å². The largest absolute Gasteiger partial charge is 0.378 e. The summed E-state index contributed by atoms with van der Waals surface area (Å²) in [4.78, 5) is 9.68. The fourth-order valence-corrected chi connectivity index (χ4v) is 3.80. The summed E-state index contributed by atoms with van der Waals surface area (Å²) in [7, 11) is -3.96. The Labute approximate surface area is 114 Å². The molecule has 9 heteroatoms. The van der Waals surface area contributed by atoms with E-state index in [1.807, 2.05) is 0 Å². The van der Waals surface area contributed by atoms with Crippen molar-refractivity contribution >= 4 is 15.7 Å². The van der Waals surface area contributed by atoms with Crippen LogP contribution < -0.4 is 4.72 Å². The molecule has 0 radical (unpaired) electrons. The van der Waals surface area contributed by atoms with E-state index in [0.29, 0.717) is 0 Å². The maximum atomic E-state index is 13.6. The molecule has 0 saturated carbocycles. The van der Waals surface area contributed by atoms with Crippen LogP contribution in [0.25, 0.3) is 0 Å². The third kappa shape index (κ3) is 2.51. The number of nitro benzene ring substituents is 1. The fraction of sp³-hybridized carbons (Fsp3) is 0.455. The van der Waals surface area contributed by atoms with Crippen LogP contribution in [-0.2, 0) is 14.8 Å².